The van der Waals surface area contributed by atoms with Gasteiger partial charge in [-0.1, -0.05) is 18.2 Å². The molecule has 1 unspecified atom stereocenters. The quantitative estimate of drug-likeness (QED) is 0.893. The van der Waals surface area contributed by atoms with Crippen molar-refractivity contribution >= 4 is 5.69 Å². The Bertz CT molecular complexity index is 483. The molecule has 1 atom stereocenters. The number of hydrogen-bond donors (Lipinski definition) is 1. The number of nitrogens with zero attached hydrogens (tertiary/aromatic N) is 2. The summed E-state index contributed by atoms with van der Waals surface area (Å²) >= 11 is 0. The Morgan fingerprint density at radius 2 is 2.05 bits per heavy atom. The summed E-state index contributed by atoms with van der Waals surface area (Å²) in [5.41, 5.74) is 9.35. The van der Waals surface area contributed by atoms with Crippen LogP contribution in [-0.2, 0) is 6.42 Å². The van der Waals surface area contributed by atoms with Gasteiger partial charge in [0, 0.05) is 37.9 Å². The van der Waals surface area contributed by atoms with Gasteiger partial charge in [0.15, 0.2) is 0 Å². The maximum absolute atomic E-state index is 6.22. The van der Waals surface area contributed by atoms with Crippen molar-refractivity contribution in [1.82, 2.24) is 4.90 Å². The first-order valence-electron chi connectivity index (χ1n) is 7.62. The molecule has 2 heterocycles. The summed E-state index contributed by atoms with van der Waals surface area (Å²) in [6.45, 7) is 4.34. The molecule has 4 rings (SSSR count). The van der Waals surface area contributed by atoms with Gasteiger partial charge in [0.05, 0.1) is 5.54 Å². The van der Waals surface area contributed by atoms with Gasteiger partial charge < -0.3 is 10.6 Å². The van der Waals surface area contributed by atoms with E-state index in [2.05, 4.69) is 34.1 Å². The van der Waals surface area contributed by atoms with Gasteiger partial charge in [-0.2, -0.15) is 0 Å². The van der Waals surface area contributed by atoms with Crippen LogP contribution in [0, 0.1) is 0 Å². The molecular weight excluding hydrogens is 234 g/mol. The predicted molar refractivity (Wildman–Crippen MR) is 78.5 cm³/mol. The van der Waals surface area contributed by atoms with Crippen molar-refractivity contribution in [2.24, 2.45) is 5.73 Å². The van der Waals surface area contributed by atoms with Crippen LogP contribution in [0.2, 0.25) is 0 Å². The maximum Gasteiger partial charge on any atom is 0.0663 e. The Morgan fingerprint density at radius 3 is 2.84 bits per heavy atom. The van der Waals surface area contributed by atoms with Crippen LogP contribution in [0.25, 0.3) is 0 Å². The molecule has 2 N–H and O–H groups in total. The predicted octanol–water partition coefficient (Wildman–Crippen LogP) is 1.61. The van der Waals surface area contributed by atoms with Crippen LogP contribution in [0.1, 0.15) is 24.8 Å². The highest BCUT2D eigenvalue weighted by Gasteiger charge is 2.47. The van der Waals surface area contributed by atoms with E-state index in [4.69, 9.17) is 5.73 Å². The second-order valence-corrected chi connectivity index (χ2v) is 6.41. The van der Waals surface area contributed by atoms with Gasteiger partial charge in [0.25, 0.3) is 0 Å². The van der Waals surface area contributed by atoms with Crippen molar-refractivity contribution in [2.75, 3.05) is 31.1 Å². The average Bonchev–Trinajstić information content (AvgIpc) is 3.06. The molecule has 0 amide bonds. The molecule has 0 aromatic heterocycles. The minimum absolute atomic E-state index is 0.190. The van der Waals surface area contributed by atoms with Crippen LogP contribution in [-0.4, -0.2) is 42.7 Å². The highest BCUT2D eigenvalue weighted by molar-refractivity contribution is 5.60. The molecule has 1 aromatic rings. The second kappa shape index (κ2) is 4.22. The van der Waals surface area contributed by atoms with E-state index in [9.17, 15) is 0 Å². The van der Waals surface area contributed by atoms with E-state index in [1.807, 2.05) is 0 Å². The molecule has 3 heteroatoms. The van der Waals surface area contributed by atoms with Crippen molar-refractivity contribution in [3.05, 3.63) is 29.8 Å². The molecule has 3 aliphatic rings. The second-order valence-electron chi connectivity index (χ2n) is 6.41. The summed E-state index contributed by atoms with van der Waals surface area (Å²) in [5, 5.41) is 0. The lowest BCUT2D eigenvalue weighted by Crippen LogP contribution is -2.55. The number of anilines is 1. The number of benzene rings is 1. The molecular formula is C16H23N3. The molecule has 0 spiro atoms. The Kier molecular flexibility index (Phi) is 2.61. The lowest BCUT2D eigenvalue weighted by atomic mass is 9.96. The molecule has 1 aromatic carbocycles. The van der Waals surface area contributed by atoms with E-state index in [0.29, 0.717) is 0 Å². The molecule has 1 saturated heterocycles. The van der Waals surface area contributed by atoms with Crippen molar-refractivity contribution in [3.63, 3.8) is 0 Å². The molecule has 19 heavy (non-hydrogen) atoms. The zero-order valence-electron chi connectivity index (χ0n) is 11.5. The number of rotatable bonds is 3. The van der Waals surface area contributed by atoms with Crippen molar-refractivity contribution in [3.8, 4) is 0 Å². The fourth-order valence-electron chi connectivity index (χ4n) is 3.97. The number of hydrogen-bond acceptors (Lipinski definition) is 3. The lowest BCUT2D eigenvalue weighted by molar-refractivity contribution is 0.297. The smallest absolute Gasteiger partial charge is 0.0663 e. The number of para-hydroxylation sites is 1. The Labute approximate surface area is 115 Å². The van der Waals surface area contributed by atoms with Crippen molar-refractivity contribution < 1.29 is 0 Å². The van der Waals surface area contributed by atoms with Crippen LogP contribution in [0.15, 0.2) is 24.3 Å². The normalized spacial score (nSPS) is 30.9. The van der Waals surface area contributed by atoms with Gasteiger partial charge in [-0.15, -0.1) is 0 Å². The van der Waals surface area contributed by atoms with Crippen LogP contribution < -0.4 is 10.6 Å². The molecule has 0 bridgehead atoms. The molecule has 1 aliphatic carbocycles. The summed E-state index contributed by atoms with van der Waals surface area (Å²) in [6, 6.07) is 9.73. The van der Waals surface area contributed by atoms with E-state index in [1.54, 1.807) is 0 Å². The van der Waals surface area contributed by atoms with Gasteiger partial charge in [-0.05, 0) is 37.3 Å². The Balaban J connectivity index is 1.63. The molecule has 102 valence electrons. The molecule has 1 saturated carbocycles. The summed E-state index contributed by atoms with van der Waals surface area (Å²) < 4.78 is 0. The topological polar surface area (TPSA) is 32.5 Å². The SMILES string of the molecule is NCC1(N2CCc3ccccc32)CCN(C2CC2)C1. The lowest BCUT2D eigenvalue weighted by Gasteiger charge is -2.40. The Morgan fingerprint density at radius 1 is 1.21 bits per heavy atom. The summed E-state index contributed by atoms with van der Waals surface area (Å²) in [4.78, 5) is 5.29. The zero-order chi connectivity index (χ0) is 12.9. The monoisotopic (exact) mass is 257 g/mol. The van der Waals surface area contributed by atoms with Crippen molar-refractivity contribution in [2.45, 2.75) is 37.3 Å². The summed E-state index contributed by atoms with van der Waals surface area (Å²) in [5.74, 6) is 0. The zero-order valence-corrected chi connectivity index (χ0v) is 11.5. The van der Waals surface area contributed by atoms with E-state index in [0.717, 1.165) is 19.1 Å². The maximum atomic E-state index is 6.22. The van der Waals surface area contributed by atoms with Crippen molar-refractivity contribution in [1.29, 1.82) is 0 Å². The van der Waals surface area contributed by atoms with Gasteiger partial charge in [0.1, 0.15) is 0 Å². The average molecular weight is 257 g/mol. The summed E-state index contributed by atoms with van der Waals surface area (Å²) in [7, 11) is 0. The van der Waals surface area contributed by atoms with E-state index in [-0.39, 0.29) is 5.54 Å². The molecule has 2 fully saturated rings. The van der Waals surface area contributed by atoms with Gasteiger partial charge >= 0.3 is 0 Å². The molecule has 0 radical (unpaired) electrons. The van der Waals surface area contributed by atoms with Crippen LogP contribution in [0.5, 0.6) is 0 Å². The van der Waals surface area contributed by atoms with Crippen LogP contribution in [0.3, 0.4) is 0 Å². The number of likely N-dealkylation sites (tertiary alicyclic amines) is 1. The summed E-state index contributed by atoms with van der Waals surface area (Å²) in [6.07, 6.45) is 5.21. The fraction of sp³-hybridized carbons (Fsp3) is 0.625. The number of fused-ring (bicyclic) bond motifs is 1. The van der Waals surface area contributed by atoms with E-state index >= 15 is 0 Å². The third kappa shape index (κ3) is 1.79. The van der Waals surface area contributed by atoms with Gasteiger partial charge in [-0.25, -0.2) is 0 Å². The van der Waals surface area contributed by atoms with Gasteiger partial charge in [0.2, 0.25) is 0 Å². The fourth-order valence-corrected chi connectivity index (χ4v) is 3.97. The third-order valence-electron chi connectivity index (χ3n) is 5.26. The first-order valence-corrected chi connectivity index (χ1v) is 7.62. The third-order valence-corrected chi connectivity index (χ3v) is 5.26. The largest absolute Gasteiger partial charge is 0.363 e. The highest BCUT2D eigenvalue weighted by Crippen LogP contribution is 2.40. The molecule has 3 nitrogen and oxygen atoms in total. The van der Waals surface area contributed by atoms with E-state index < -0.39 is 0 Å². The first kappa shape index (κ1) is 11.7. The molecule has 2 aliphatic heterocycles. The number of nitrogens with two attached hydrogens (primary N) is 1. The first-order chi connectivity index (χ1) is 9.32. The standard InChI is InChI=1S/C16H23N3/c17-11-16(8-10-18(12-16)14-5-6-14)19-9-7-13-3-1-2-4-15(13)19/h1-4,14H,5-12,17H2. The Hall–Kier alpha value is -1.06. The minimum atomic E-state index is 0.190. The van der Waals surface area contributed by atoms with E-state index in [1.165, 1.54) is 50.0 Å². The van der Waals surface area contributed by atoms with Crippen LogP contribution in [0.4, 0.5) is 5.69 Å². The minimum Gasteiger partial charge on any atom is -0.363 e. The van der Waals surface area contributed by atoms with Gasteiger partial charge in [-0.3, -0.25) is 4.90 Å². The highest BCUT2D eigenvalue weighted by atomic mass is 15.3. The van der Waals surface area contributed by atoms with Crippen LogP contribution >= 0.6 is 0 Å².